The molecule has 0 aromatic heterocycles. The lowest BCUT2D eigenvalue weighted by Gasteiger charge is -2.24. The lowest BCUT2D eigenvalue weighted by molar-refractivity contribution is -0.119. The highest BCUT2D eigenvalue weighted by molar-refractivity contribution is 9.09. The highest BCUT2D eigenvalue weighted by Crippen LogP contribution is 2.33. The third-order valence-electron chi connectivity index (χ3n) is 4.87. The fourth-order valence-corrected chi connectivity index (χ4v) is 4.31. The summed E-state index contributed by atoms with van der Waals surface area (Å²) in [5.74, 6) is 0.245. The minimum absolute atomic E-state index is 0.0433. The van der Waals surface area contributed by atoms with Crippen molar-refractivity contribution in [3.05, 3.63) is 59.7 Å². The van der Waals surface area contributed by atoms with Crippen molar-refractivity contribution in [1.82, 2.24) is 8.97 Å². The van der Waals surface area contributed by atoms with E-state index >= 15 is 0 Å². The molecule has 0 heterocycles. The van der Waals surface area contributed by atoms with Crippen molar-refractivity contribution in [2.75, 3.05) is 42.3 Å². The van der Waals surface area contributed by atoms with Crippen LogP contribution in [-0.2, 0) is 4.79 Å². The molecule has 0 spiro atoms. The van der Waals surface area contributed by atoms with Crippen molar-refractivity contribution in [1.29, 1.82) is 0 Å². The predicted molar refractivity (Wildman–Crippen MR) is 130 cm³/mol. The molecule has 2 atom stereocenters. The number of ketones is 1. The van der Waals surface area contributed by atoms with E-state index in [0.29, 0.717) is 12.8 Å². The quantitative estimate of drug-likeness (QED) is 0.313. The van der Waals surface area contributed by atoms with Gasteiger partial charge in [-0.05, 0) is 35.4 Å². The van der Waals surface area contributed by atoms with Crippen LogP contribution in [-0.4, -0.2) is 48.1 Å². The Bertz CT molecular complexity index is 720. The molecular weight excluding hydrogens is 480 g/mol. The Balaban J connectivity index is 1.95. The zero-order valence-electron chi connectivity index (χ0n) is 17.7. The zero-order chi connectivity index (χ0) is 21.1. The monoisotopic (exact) mass is 510 g/mol. The number of benzene rings is 2. The van der Waals surface area contributed by atoms with E-state index in [1.165, 1.54) is 11.4 Å². The number of hydrogen-bond acceptors (Lipinski definition) is 1. The summed E-state index contributed by atoms with van der Waals surface area (Å²) in [5, 5.41) is 0. The van der Waals surface area contributed by atoms with E-state index in [4.69, 9.17) is 0 Å². The number of rotatable bonds is 8. The standard InChI is InChI=1S/C23H32Br2N2O/c1-26(2,3)19-11-7-17(8-12-19)22(24)15-21(28)16-23(25)18-9-13-20(14-10-18)27(4,5)6/h7-14,22-23H,15-16H2,1-6H3/q+2. The largest absolute Gasteiger partial charge is 0.300 e. The molecule has 0 bridgehead atoms. The van der Waals surface area contributed by atoms with Gasteiger partial charge in [0.1, 0.15) is 17.2 Å². The van der Waals surface area contributed by atoms with Crippen LogP contribution in [0.15, 0.2) is 48.5 Å². The molecule has 2 unspecified atom stereocenters. The fourth-order valence-electron chi connectivity index (χ4n) is 2.98. The summed E-state index contributed by atoms with van der Waals surface area (Å²) in [4.78, 5) is 12.7. The van der Waals surface area contributed by atoms with Crippen LogP contribution in [0.2, 0.25) is 0 Å². The lowest BCUT2D eigenvalue weighted by Crippen LogP contribution is -2.34. The molecule has 2 aromatic rings. The number of Topliss-reactive ketones (excluding diaryl/α,β-unsaturated/α-hetero) is 1. The molecule has 2 aromatic carbocycles. The van der Waals surface area contributed by atoms with Gasteiger partial charge in [-0.25, -0.2) is 0 Å². The normalized spacial score (nSPS) is 14.6. The molecule has 2 rings (SSSR count). The van der Waals surface area contributed by atoms with Crippen LogP contribution in [0.1, 0.15) is 33.6 Å². The van der Waals surface area contributed by atoms with Crippen molar-refractivity contribution >= 4 is 49.0 Å². The topological polar surface area (TPSA) is 17.1 Å². The molecule has 0 aliphatic carbocycles. The average Bonchev–Trinajstić information content (AvgIpc) is 2.60. The molecule has 0 saturated heterocycles. The fraction of sp³-hybridized carbons (Fsp3) is 0.435. The van der Waals surface area contributed by atoms with Crippen molar-refractivity contribution in [3.8, 4) is 0 Å². The molecule has 28 heavy (non-hydrogen) atoms. The predicted octanol–water partition coefficient (Wildman–Crippen LogP) is 6.00. The second-order valence-corrected chi connectivity index (χ2v) is 11.3. The summed E-state index contributed by atoms with van der Waals surface area (Å²) < 4.78 is 1.56. The molecule has 0 fully saturated rings. The lowest BCUT2D eigenvalue weighted by atomic mass is 10.0. The number of quaternary nitrogens is 2. The molecule has 0 amide bonds. The SMILES string of the molecule is C[N+](C)(C)c1ccc(C(Br)CC(=O)CC(Br)c2ccc([N+](C)(C)C)cc2)cc1. The maximum Gasteiger partial charge on any atom is 0.135 e. The van der Waals surface area contributed by atoms with E-state index in [0.717, 1.165) is 20.1 Å². The minimum Gasteiger partial charge on any atom is -0.300 e. The summed E-state index contributed by atoms with van der Waals surface area (Å²) in [6, 6.07) is 17.0. The molecule has 0 aliphatic heterocycles. The van der Waals surface area contributed by atoms with Crippen LogP contribution in [0, 0.1) is 0 Å². The van der Waals surface area contributed by atoms with Gasteiger partial charge >= 0.3 is 0 Å². The summed E-state index contributed by atoms with van der Waals surface area (Å²) in [7, 11) is 12.9. The van der Waals surface area contributed by atoms with Gasteiger partial charge in [-0.2, -0.15) is 0 Å². The van der Waals surface area contributed by atoms with E-state index in [1.807, 2.05) is 0 Å². The number of carbonyl (C=O) groups excluding carboxylic acids is 1. The van der Waals surface area contributed by atoms with Crippen molar-refractivity contribution in [2.24, 2.45) is 0 Å². The van der Waals surface area contributed by atoms with Crippen LogP contribution in [0.5, 0.6) is 0 Å². The highest BCUT2D eigenvalue weighted by Gasteiger charge is 2.20. The summed E-state index contributed by atoms with van der Waals surface area (Å²) in [6.07, 6.45) is 0.978. The van der Waals surface area contributed by atoms with Gasteiger partial charge in [0, 0.05) is 22.5 Å². The number of alkyl halides is 2. The van der Waals surface area contributed by atoms with Gasteiger partial charge in [0.25, 0.3) is 0 Å². The van der Waals surface area contributed by atoms with Gasteiger partial charge in [0.15, 0.2) is 0 Å². The van der Waals surface area contributed by atoms with Gasteiger partial charge in [-0.15, -0.1) is 0 Å². The van der Waals surface area contributed by atoms with E-state index in [2.05, 4.69) is 123 Å². The van der Waals surface area contributed by atoms with Crippen LogP contribution in [0.3, 0.4) is 0 Å². The summed E-state index contributed by atoms with van der Waals surface area (Å²) in [6.45, 7) is 0. The number of nitrogens with zero attached hydrogens (tertiary/aromatic N) is 2. The molecule has 0 saturated carbocycles. The van der Waals surface area contributed by atoms with Crippen LogP contribution in [0.4, 0.5) is 11.4 Å². The van der Waals surface area contributed by atoms with Crippen LogP contribution in [0.25, 0.3) is 0 Å². The third kappa shape index (κ3) is 6.51. The van der Waals surface area contributed by atoms with Gasteiger partial charge in [0.05, 0.1) is 42.3 Å². The maximum absolute atomic E-state index is 12.6. The summed E-state index contributed by atoms with van der Waals surface area (Å²) >= 11 is 7.39. The van der Waals surface area contributed by atoms with E-state index < -0.39 is 0 Å². The van der Waals surface area contributed by atoms with Crippen molar-refractivity contribution < 1.29 is 4.79 Å². The first-order valence-electron chi connectivity index (χ1n) is 9.51. The molecule has 5 heteroatoms. The Morgan fingerprint density at radius 1 is 0.679 bits per heavy atom. The molecular formula is C23H32Br2N2O+2. The first kappa shape index (κ1) is 23.3. The highest BCUT2D eigenvalue weighted by atomic mass is 79.9. The first-order chi connectivity index (χ1) is 12.9. The molecule has 0 aliphatic rings. The van der Waals surface area contributed by atoms with Crippen molar-refractivity contribution in [2.45, 2.75) is 22.5 Å². The Morgan fingerprint density at radius 2 is 0.964 bits per heavy atom. The van der Waals surface area contributed by atoms with E-state index in [-0.39, 0.29) is 15.4 Å². The van der Waals surface area contributed by atoms with Gasteiger partial charge in [-0.3, -0.25) is 13.8 Å². The molecule has 152 valence electrons. The van der Waals surface area contributed by atoms with Crippen LogP contribution >= 0.6 is 31.9 Å². The third-order valence-corrected chi connectivity index (χ3v) is 6.58. The van der Waals surface area contributed by atoms with Crippen LogP contribution < -0.4 is 8.97 Å². The number of carbonyl (C=O) groups is 1. The number of halogens is 2. The average molecular weight is 512 g/mol. The van der Waals surface area contributed by atoms with Crippen molar-refractivity contribution in [3.63, 3.8) is 0 Å². The summed E-state index contributed by atoms with van der Waals surface area (Å²) in [5.41, 5.74) is 4.77. The smallest absolute Gasteiger partial charge is 0.135 e. The van der Waals surface area contributed by atoms with E-state index in [9.17, 15) is 4.79 Å². The zero-order valence-corrected chi connectivity index (χ0v) is 20.9. The second-order valence-electron chi connectivity index (χ2n) is 9.09. The Morgan fingerprint density at radius 3 is 1.21 bits per heavy atom. The minimum atomic E-state index is 0.0433. The Hall–Kier alpha value is -1.01. The molecule has 3 nitrogen and oxygen atoms in total. The molecule has 0 radical (unpaired) electrons. The molecule has 0 N–H and O–H groups in total. The van der Waals surface area contributed by atoms with Gasteiger partial charge in [0.2, 0.25) is 0 Å². The second kappa shape index (κ2) is 9.21. The number of hydrogen-bond donors (Lipinski definition) is 0. The van der Waals surface area contributed by atoms with Gasteiger partial charge < -0.3 is 0 Å². The Labute approximate surface area is 186 Å². The first-order valence-corrected chi connectivity index (χ1v) is 11.3. The maximum atomic E-state index is 12.6. The van der Waals surface area contributed by atoms with E-state index in [1.54, 1.807) is 0 Å². The Kier molecular flexibility index (Phi) is 7.65. The van der Waals surface area contributed by atoms with Gasteiger partial charge in [-0.1, -0.05) is 56.1 Å².